The minimum Gasteiger partial charge on any atom is -0.550 e. The minimum atomic E-state index is -4.21. The Labute approximate surface area is 207 Å². The van der Waals surface area contributed by atoms with Gasteiger partial charge in [0, 0.05) is 24.8 Å². The molecule has 0 saturated carbocycles. The van der Waals surface area contributed by atoms with Gasteiger partial charge in [-0.2, -0.15) is 16.8 Å². The molecule has 0 aliphatic rings. The smallest absolute Gasteiger partial charge is 0.550 e. The molecule has 0 aromatic heterocycles. The first-order chi connectivity index (χ1) is 12.8. The van der Waals surface area contributed by atoms with Crippen molar-refractivity contribution in [2.45, 2.75) is 22.6 Å². The molecule has 0 bridgehead atoms. The predicted molar refractivity (Wildman–Crippen MR) is 95.7 cm³/mol. The minimum absolute atomic E-state index is 0. The van der Waals surface area contributed by atoms with E-state index in [4.69, 9.17) is 9.11 Å². The molecule has 2 rings (SSSR count). The van der Waals surface area contributed by atoms with E-state index in [0.717, 1.165) is 24.3 Å². The molecule has 2 aromatic carbocycles. The molecule has 29 heavy (non-hydrogen) atoms. The van der Waals surface area contributed by atoms with E-state index < -0.39 is 32.2 Å². The van der Waals surface area contributed by atoms with E-state index in [-0.39, 0.29) is 71.5 Å². The molecule has 10 nitrogen and oxygen atoms in total. The van der Waals surface area contributed by atoms with Crippen LogP contribution in [0.15, 0.2) is 58.3 Å². The number of carbonyl (C=O) groups is 2. The van der Waals surface area contributed by atoms with Crippen LogP contribution in [-0.2, 0) is 42.7 Å². The molecular weight excluding hydrogens is 554 g/mol. The van der Waals surface area contributed by atoms with Crippen molar-refractivity contribution in [3.05, 3.63) is 59.7 Å². The Morgan fingerprint density at radius 3 is 1.07 bits per heavy atom. The van der Waals surface area contributed by atoms with Gasteiger partial charge in [0.1, 0.15) is 0 Å². The van der Waals surface area contributed by atoms with Crippen LogP contribution < -0.4 is 10.2 Å². The summed E-state index contributed by atoms with van der Waals surface area (Å²) < 4.78 is 59.6. The van der Waals surface area contributed by atoms with Gasteiger partial charge in [-0.15, -0.1) is 0 Å². The van der Waals surface area contributed by atoms with E-state index in [0.29, 0.717) is 11.1 Å². The fourth-order valence-electron chi connectivity index (χ4n) is 1.89. The summed E-state index contributed by atoms with van der Waals surface area (Å²) in [5, 5.41) is 20.3. The normalized spacial score (nSPS) is 10.8. The van der Waals surface area contributed by atoms with Crippen molar-refractivity contribution in [1.82, 2.24) is 0 Å². The van der Waals surface area contributed by atoms with Crippen LogP contribution in [0.3, 0.4) is 0 Å². The summed E-state index contributed by atoms with van der Waals surface area (Å²) in [6, 6.07) is 9.75. The summed E-state index contributed by atoms with van der Waals surface area (Å²) in [5.74, 6) is -2.49. The third-order valence-corrected chi connectivity index (χ3v) is 4.88. The number of hydrogen-bond acceptors (Lipinski definition) is 8. The van der Waals surface area contributed by atoms with Gasteiger partial charge in [-0.1, -0.05) is 24.3 Å². The average molecular weight is 568 g/mol. The van der Waals surface area contributed by atoms with Crippen LogP contribution in [0.2, 0.25) is 0 Å². The topological polar surface area (TPSA) is 189 Å². The molecule has 152 valence electrons. The summed E-state index contributed by atoms with van der Waals surface area (Å²) in [6.45, 7) is 0. The number of carboxylic acid groups (broad SMARTS) is 2. The Bertz CT molecular complexity index is 956. The molecule has 0 unspecified atom stereocenters. The predicted octanol–water partition coefficient (Wildman–Crippen LogP) is -1.93. The zero-order valence-electron chi connectivity index (χ0n) is 14.7. The van der Waals surface area contributed by atoms with Crippen molar-refractivity contribution < 1.29 is 45.7 Å². The molecule has 0 heterocycles. The molecule has 0 aliphatic carbocycles. The van der Waals surface area contributed by atoms with Gasteiger partial charge in [0.05, 0.1) is 9.79 Å². The molecule has 0 aliphatic heterocycles. The largest absolute Gasteiger partial charge is 2.00 e. The van der Waals surface area contributed by atoms with Crippen molar-refractivity contribution >= 4 is 81.1 Å². The molecule has 13 heteroatoms. The second-order valence-corrected chi connectivity index (χ2v) is 8.18. The Morgan fingerprint density at radius 1 is 0.655 bits per heavy atom. The van der Waals surface area contributed by atoms with Crippen LogP contribution in [0.5, 0.6) is 0 Å². The molecule has 0 spiro atoms. The first kappa shape index (κ1) is 27.8. The SMILES string of the molecule is O=C([O-])Cc1ccc(S(=O)(=O)O)cc1.O=C([O-])Cc1ccc(S(=O)(=O)O)cc1.[Ba+2]. The quantitative estimate of drug-likeness (QED) is 0.294. The van der Waals surface area contributed by atoms with E-state index in [1.807, 2.05) is 0 Å². The van der Waals surface area contributed by atoms with Gasteiger partial charge in [-0.25, -0.2) is 0 Å². The van der Waals surface area contributed by atoms with Crippen LogP contribution in [0, 0.1) is 0 Å². The maximum atomic E-state index is 10.6. The summed E-state index contributed by atoms with van der Waals surface area (Å²) in [4.78, 5) is 19.8. The van der Waals surface area contributed by atoms with Crippen molar-refractivity contribution in [2.24, 2.45) is 0 Å². The number of hydrogen-bond donors (Lipinski definition) is 2. The summed E-state index contributed by atoms with van der Waals surface area (Å²) in [6.07, 6.45) is -0.572. The van der Waals surface area contributed by atoms with E-state index in [2.05, 4.69) is 0 Å². The van der Waals surface area contributed by atoms with Crippen LogP contribution in [0.25, 0.3) is 0 Å². The third-order valence-electron chi connectivity index (χ3n) is 3.14. The summed E-state index contributed by atoms with van der Waals surface area (Å²) in [5.41, 5.74) is 0.829. The average Bonchev–Trinajstić information content (AvgIpc) is 2.53. The van der Waals surface area contributed by atoms with Gasteiger partial charge in [0.15, 0.2) is 0 Å². The van der Waals surface area contributed by atoms with Crippen LogP contribution in [-0.4, -0.2) is 86.8 Å². The van der Waals surface area contributed by atoms with Crippen LogP contribution in [0.1, 0.15) is 11.1 Å². The fourth-order valence-corrected chi connectivity index (χ4v) is 2.85. The maximum Gasteiger partial charge on any atom is 2.00 e. The zero-order valence-corrected chi connectivity index (χ0v) is 20.8. The number of carbonyl (C=O) groups excluding carboxylic acids is 2. The first-order valence-corrected chi connectivity index (χ1v) is 10.2. The Kier molecular flexibility index (Phi) is 11.3. The van der Waals surface area contributed by atoms with Crippen molar-refractivity contribution in [2.75, 3.05) is 0 Å². The number of rotatable bonds is 6. The number of aliphatic carboxylic acids is 2. The van der Waals surface area contributed by atoms with Crippen molar-refractivity contribution in [3.63, 3.8) is 0 Å². The van der Waals surface area contributed by atoms with Gasteiger partial charge in [0.25, 0.3) is 20.2 Å². The van der Waals surface area contributed by atoms with Crippen molar-refractivity contribution in [1.29, 1.82) is 0 Å². The first-order valence-electron chi connectivity index (χ1n) is 7.31. The van der Waals surface area contributed by atoms with E-state index >= 15 is 0 Å². The second kappa shape index (κ2) is 11.8. The molecule has 0 atom stereocenters. The number of benzene rings is 2. The second-order valence-electron chi connectivity index (χ2n) is 5.34. The Hall–Kier alpha value is -1.23. The van der Waals surface area contributed by atoms with Crippen molar-refractivity contribution in [3.8, 4) is 0 Å². The maximum absolute atomic E-state index is 10.6. The molecule has 2 aromatic rings. The zero-order chi connectivity index (χ0) is 21.5. The summed E-state index contributed by atoms with van der Waals surface area (Å²) in [7, 11) is -8.42. The van der Waals surface area contributed by atoms with E-state index in [9.17, 15) is 36.6 Å². The van der Waals surface area contributed by atoms with Gasteiger partial charge < -0.3 is 19.8 Å². The van der Waals surface area contributed by atoms with E-state index in [1.54, 1.807) is 0 Å². The number of carboxylic acids is 2. The van der Waals surface area contributed by atoms with Crippen LogP contribution in [0.4, 0.5) is 0 Å². The summed E-state index contributed by atoms with van der Waals surface area (Å²) >= 11 is 0. The molecule has 0 saturated heterocycles. The van der Waals surface area contributed by atoms with Gasteiger partial charge >= 0.3 is 48.9 Å². The van der Waals surface area contributed by atoms with Gasteiger partial charge in [-0.05, 0) is 35.4 Å². The Morgan fingerprint density at radius 2 is 0.897 bits per heavy atom. The molecule has 0 radical (unpaired) electrons. The third kappa shape index (κ3) is 10.9. The van der Waals surface area contributed by atoms with Gasteiger partial charge in [0.2, 0.25) is 0 Å². The fraction of sp³-hybridized carbons (Fsp3) is 0.125. The Balaban J connectivity index is 0.000000523. The van der Waals surface area contributed by atoms with Crippen LogP contribution >= 0.6 is 0 Å². The molecular formula is C16H14BaO10S2. The standard InChI is InChI=1S/2C8H8O5S.Ba/c2*9-8(10)5-6-1-3-7(4-2-6)14(11,12)13;/h2*1-4H,5H2,(H,9,10)(H,11,12,13);/q;;+2/p-2. The monoisotopic (exact) mass is 568 g/mol. The molecule has 2 N–H and O–H groups in total. The molecule has 0 amide bonds. The molecule has 0 fully saturated rings. The van der Waals surface area contributed by atoms with E-state index in [1.165, 1.54) is 24.3 Å². The van der Waals surface area contributed by atoms with Gasteiger partial charge in [-0.3, -0.25) is 9.11 Å².